The Morgan fingerprint density at radius 2 is 1.57 bits per heavy atom. The first-order chi connectivity index (χ1) is 13.9. The number of pyridine rings is 3. The van der Waals surface area contributed by atoms with Gasteiger partial charge in [0.2, 0.25) is 0 Å². The van der Waals surface area contributed by atoms with Crippen molar-refractivity contribution in [2.24, 2.45) is 0 Å². The van der Waals surface area contributed by atoms with E-state index in [9.17, 15) is 0 Å². The molecule has 0 aliphatic heterocycles. The van der Waals surface area contributed by atoms with Crippen molar-refractivity contribution in [1.82, 2.24) is 24.3 Å². The van der Waals surface area contributed by atoms with Gasteiger partial charge in [-0.05, 0) is 24.3 Å². The highest BCUT2D eigenvalue weighted by Gasteiger charge is 2.17. The maximum absolute atomic E-state index is 5.00. The molecule has 0 radical (unpaired) electrons. The predicted molar refractivity (Wildman–Crippen MR) is 113 cm³/mol. The Hall–Kier alpha value is -3.99. The molecule has 7 rings (SSSR count). The van der Waals surface area contributed by atoms with Crippen LogP contribution >= 0.6 is 0 Å². The van der Waals surface area contributed by atoms with E-state index >= 15 is 0 Å². The largest absolute Gasteiger partial charge is 0.338 e. The Kier molecular flexibility index (Phi) is 2.44. The van der Waals surface area contributed by atoms with Crippen LogP contribution in [-0.4, -0.2) is 24.3 Å². The minimum atomic E-state index is 1.00. The van der Waals surface area contributed by atoms with Crippen molar-refractivity contribution in [2.75, 3.05) is 0 Å². The van der Waals surface area contributed by atoms with E-state index in [-0.39, 0.29) is 0 Å². The number of fused-ring (bicyclic) bond motifs is 12. The number of hydrogen-bond acceptors (Lipinski definition) is 3. The summed E-state index contributed by atoms with van der Waals surface area (Å²) in [6.07, 6.45) is 7.47. The molecule has 0 unspecified atom stereocenters. The third-order valence-electron chi connectivity index (χ3n) is 5.69. The SMILES string of the molecule is c1ccc2c(c1)nc1c2ccc2c1c1ccncc1n1c3ccncc3[nH]c21. The van der Waals surface area contributed by atoms with E-state index in [2.05, 4.69) is 55.8 Å². The molecule has 5 aromatic heterocycles. The summed E-state index contributed by atoms with van der Waals surface area (Å²) < 4.78 is 2.23. The quantitative estimate of drug-likeness (QED) is 0.378. The molecule has 0 bridgehead atoms. The maximum Gasteiger partial charge on any atom is 0.123 e. The molecule has 0 aliphatic carbocycles. The van der Waals surface area contributed by atoms with Crippen LogP contribution in [0.5, 0.6) is 0 Å². The number of H-pyrrole nitrogens is 1. The number of para-hydroxylation sites is 1. The van der Waals surface area contributed by atoms with E-state index in [1.807, 2.05) is 36.9 Å². The van der Waals surface area contributed by atoms with Gasteiger partial charge in [0.15, 0.2) is 0 Å². The number of hydrogen-bond donors (Lipinski definition) is 1. The number of nitrogens with zero attached hydrogens (tertiary/aromatic N) is 4. The monoisotopic (exact) mass is 359 g/mol. The van der Waals surface area contributed by atoms with E-state index in [1.54, 1.807) is 0 Å². The minimum Gasteiger partial charge on any atom is -0.338 e. The molecule has 0 saturated carbocycles. The molecule has 7 aromatic rings. The lowest BCUT2D eigenvalue weighted by molar-refractivity contribution is 1.27. The molecule has 2 aromatic carbocycles. The zero-order valence-electron chi connectivity index (χ0n) is 14.7. The van der Waals surface area contributed by atoms with Gasteiger partial charge in [-0.25, -0.2) is 4.98 Å². The number of nitrogens with one attached hydrogen (secondary N) is 1. The highest BCUT2D eigenvalue weighted by molar-refractivity contribution is 6.26. The summed E-state index contributed by atoms with van der Waals surface area (Å²) in [5, 5.41) is 5.82. The molecule has 5 nitrogen and oxygen atoms in total. The zero-order valence-corrected chi connectivity index (χ0v) is 14.7. The van der Waals surface area contributed by atoms with E-state index in [0.29, 0.717) is 0 Å². The highest BCUT2D eigenvalue weighted by Crippen LogP contribution is 2.38. The Balaban J connectivity index is 1.87. The van der Waals surface area contributed by atoms with Gasteiger partial charge in [-0.15, -0.1) is 0 Å². The molecule has 28 heavy (non-hydrogen) atoms. The van der Waals surface area contributed by atoms with Crippen LogP contribution < -0.4 is 0 Å². The summed E-state index contributed by atoms with van der Waals surface area (Å²) in [6, 6.07) is 16.8. The van der Waals surface area contributed by atoms with Gasteiger partial charge in [0.25, 0.3) is 0 Å². The zero-order chi connectivity index (χ0) is 18.2. The van der Waals surface area contributed by atoms with Gasteiger partial charge in [0.05, 0.1) is 40.0 Å². The van der Waals surface area contributed by atoms with E-state index in [4.69, 9.17) is 4.98 Å². The lowest BCUT2D eigenvalue weighted by Crippen LogP contribution is -1.92. The second kappa shape index (κ2) is 4.84. The number of aromatic amines is 1. The molecule has 130 valence electrons. The minimum absolute atomic E-state index is 1.00. The van der Waals surface area contributed by atoms with Crippen LogP contribution in [0.3, 0.4) is 0 Å². The molecular formula is C23H13N5. The van der Waals surface area contributed by atoms with E-state index in [0.717, 1.165) is 49.4 Å². The molecule has 1 N–H and O–H groups in total. The molecule has 0 amide bonds. The second-order valence-corrected chi connectivity index (χ2v) is 7.11. The molecule has 0 fully saturated rings. The summed E-state index contributed by atoms with van der Waals surface area (Å²) in [4.78, 5) is 17.2. The van der Waals surface area contributed by atoms with Crippen molar-refractivity contribution >= 4 is 60.2 Å². The van der Waals surface area contributed by atoms with Crippen LogP contribution in [0.25, 0.3) is 60.2 Å². The molecule has 0 saturated heterocycles. The molecule has 0 spiro atoms. The smallest absolute Gasteiger partial charge is 0.123 e. The average Bonchev–Trinajstić information content (AvgIpc) is 3.32. The maximum atomic E-state index is 5.00. The third kappa shape index (κ3) is 1.60. The van der Waals surface area contributed by atoms with Crippen LogP contribution in [0.1, 0.15) is 0 Å². The van der Waals surface area contributed by atoms with Crippen molar-refractivity contribution in [3.63, 3.8) is 0 Å². The van der Waals surface area contributed by atoms with Crippen LogP contribution in [0, 0.1) is 0 Å². The van der Waals surface area contributed by atoms with Crippen molar-refractivity contribution in [3.8, 4) is 0 Å². The fourth-order valence-electron chi connectivity index (χ4n) is 4.51. The van der Waals surface area contributed by atoms with Gasteiger partial charge >= 0.3 is 0 Å². The Morgan fingerprint density at radius 3 is 2.57 bits per heavy atom. The van der Waals surface area contributed by atoms with Crippen molar-refractivity contribution in [3.05, 3.63) is 73.3 Å². The van der Waals surface area contributed by atoms with Crippen molar-refractivity contribution < 1.29 is 0 Å². The summed E-state index contributed by atoms with van der Waals surface area (Å²) in [6.45, 7) is 0. The number of aromatic nitrogens is 5. The van der Waals surface area contributed by atoms with Crippen molar-refractivity contribution in [2.45, 2.75) is 0 Å². The average molecular weight is 359 g/mol. The van der Waals surface area contributed by atoms with E-state index in [1.165, 1.54) is 10.8 Å². The molecule has 0 atom stereocenters. The number of rotatable bonds is 0. The first kappa shape index (κ1) is 14.1. The van der Waals surface area contributed by atoms with Crippen molar-refractivity contribution in [1.29, 1.82) is 0 Å². The van der Waals surface area contributed by atoms with Gasteiger partial charge in [0.1, 0.15) is 5.65 Å². The summed E-state index contributed by atoms with van der Waals surface area (Å²) in [5.74, 6) is 0. The highest BCUT2D eigenvalue weighted by atomic mass is 15.0. The second-order valence-electron chi connectivity index (χ2n) is 7.11. The van der Waals surface area contributed by atoms with E-state index < -0.39 is 0 Å². The van der Waals surface area contributed by atoms with Crippen LogP contribution in [0.15, 0.2) is 73.3 Å². The predicted octanol–water partition coefficient (Wildman–Crippen LogP) is 5.22. The molecular weight excluding hydrogens is 346 g/mol. The first-order valence-electron chi connectivity index (χ1n) is 9.21. The standard InChI is InChI=1S/C23H13N5/c1-2-4-17-13(3-1)14-5-6-16-21(22(14)26-17)15-7-9-25-12-20(15)28-19-8-10-24-11-18(19)27-23(16)28/h1-12,27H. The first-order valence-corrected chi connectivity index (χ1v) is 9.21. The Labute approximate surface area is 158 Å². The van der Waals surface area contributed by atoms with Gasteiger partial charge in [-0.1, -0.05) is 24.3 Å². The molecule has 5 heteroatoms. The Morgan fingerprint density at radius 1 is 0.714 bits per heavy atom. The third-order valence-corrected chi connectivity index (χ3v) is 5.69. The normalized spacial score (nSPS) is 12.3. The lowest BCUT2D eigenvalue weighted by Gasteiger charge is -2.09. The van der Waals surface area contributed by atoms with Crippen LogP contribution in [0.4, 0.5) is 0 Å². The summed E-state index contributed by atoms with van der Waals surface area (Å²) >= 11 is 0. The van der Waals surface area contributed by atoms with Gasteiger partial charge in [-0.3, -0.25) is 14.4 Å². The topological polar surface area (TPSA) is 58.9 Å². The van der Waals surface area contributed by atoms with Gasteiger partial charge in [0, 0.05) is 39.3 Å². The van der Waals surface area contributed by atoms with Gasteiger partial charge in [-0.2, -0.15) is 0 Å². The number of benzene rings is 2. The fourth-order valence-corrected chi connectivity index (χ4v) is 4.51. The lowest BCUT2D eigenvalue weighted by atomic mass is 10.0. The van der Waals surface area contributed by atoms with Crippen LogP contribution in [-0.2, 0) is 0 Å². The number of imidazole rings is 1. The van der Waals surface area contributed by atoms with Gasteiger partial charge < -0.3 is 4.98 Å². The summed E-state index contributed by atoms with van der Waals surface area (Å²) in [5.41, 5.74) is 6.25. The summed E-state index contributed by atoms with van der Waals surface area (Å²) in [7, 11) is 0. The fraction of sp³-hybridized carbons (Fsp3) is 0. The molecule has 5 heterocycles. The van der Waals surface area contributed by atoms with Crippen LogP contribution in [0.2, 0.25) is 0 Å². The molecule has 0 aliphatic rings. The Bertz CT molecular complexity index is 1720.